The summed E-state index contributed by atoms with van der Waals surface area (Å²) in [7, 11) is 0. The largest absolute Gasteiger partial charge is 0.299 e. The molecular formula is C13H15NO. The molecule has 2 aliphatic rings. The van der Waals surface area contributed by atoms with Crippen molar-refractivity contribution >= 4 is 5.78 Å². The Morgan fingerprint density at radius 2 is 2.13 bits per heavy atom. The van der Waals surface area contributed by atoms with E-state index >= 15 is 0 Å². The molecule has 1 aromatic rings. The van der Waals surface area contributed by atoms with Crippen molar-refractivity contribution < 1.29 is 4.79 Å². The summed E-state index contributed by atoms with van der Waals surface area (Å²) in [5.41, 5.74) is 2.57. The third kappa shape index (κ3) is 1.39. The van der Waals surface area contributed by atoms with Gasteiger partial charge in [0.15, 0.2) is 0 Å². The van der Waals surface area contributed by atoms with Crippen LogP contribution < -0.4 is 0 Å². The van der Waals surface area contributed by atoms with E-state index in [1.807, 2.05) is 12.3 Å². The maximum absolute atomic E-state index is 11.7. The third-order valence-electron chi connectivity index (χ3n) is 3.84. The van der Waals surface area contributed by atoms with Crippen LogP contribution in [0.1, 0.15) is 42.9 Å². The van der Waals surface area contributed by atoms with E-state index in [4.69, 9.17) is 0 Å². The minimum absolute atomic E-state index is 0.279. The summed E-state index contributed by atoms with van der Waals surface area (Å²) < 4.78 is 0. The lowest BCUT2D eigenvalue weighted by atomic mass is 9.88. The van der Waals surface area contributed by atoms with Crippen LogP contribution in [0.25, 0.3) is 0 Å². The summed E-state index contributed by atoms with van der Waals surface area (Å²) >= 11 is 0. The van der Waals surface area contributed by atoms with Crippen LogP contribution in [-0.2, 0) is 11.2 Å². The quantitative estimate of drug-likeness (QED) is 0.698. The van der Waals surface area contributed by atoms with E-state index < -0.39 is 0 Å². The van der Waals surface area contributed by atoms with Gasteiger partial charge in [0.25, 0.3) is 0 Å². The normalized spacial score (nSPS) is 29.5. The molecule has 2 nitrogen and oxygen atoms in total. The van der Waals surface area contributed by atoms with E-state index in [2.05, 4.69) is 11.1 Å². The monoisotopic (exact) mass is 201 g/mol. The predicted octanol–water partition coefficient (Wildman–Crippen LogP) is 2.48. The summed E-state index contributed by atoms with van der Waals surface area (Å²) in [6.45, 7) is 0. The summed E-state index contributed by atoms with van der Waals surface area (Å²) in [6, 6.07) is 4.15. The molecule has 1 saturated carbocycles. The molecule has 0 bridgehead atoms. The van der Waals surface area contributed by atoms with Crippen LogP contribution in [0, 0.1) is 5.92 Å². The van der Waals surface area contributed by atoms with Crippen molar-refractivity contribution in [3.63, 3.8) is 0 Å². The highest BCUT2D eigenvalue weighted by Crippen LogP contribution is 2.42. The molecule has 1 fully saturated rings. The summed E-state index contributed by atoms with van der Waals surface area (Å²) in [5, 5.41) is 0. The Bertz CT molecular complexity index is 399. The number of ketones is 1. The molecule has 2 aliphatic carbocycles. The second-order valence-corrected chi connectivity index (χ2v) is 4.66. The van der Waals surface area contributed by atoms with Gasteiger partial charge < -0.3 is 0 Å². The second kappa shape index (κ2) is 3.44. The Hall–Kier alpha value is -1.18. The fourth-order valence-electron chi connectivity index (χ4n) is 3.10. The van der Waals surface area contributed by atoms with Crippen LogP contribution in [0.3, 0.4) is 0 Å². The van der Waals surface area contributed by atoms with E-state index in [1.165, 1.54) is 11.3 Å². The minimum Gasteiger partial charge on any atom is -0.299 e. The van der Waals surface area contributed by atoms with Gasteiger partial charge in [0.2, 0.25) is 0 Å². The number of hydrogen-bond donors (Lipinski definition) is 0. The lowest BCUT2D eigenvalue weighted by Gasteiger charge is -2.16. The number of carbonyl (C=O) groups is 1. The van der Waals surface area contributed by atoms with E-state index in [1.54, 1.807) is 0 Å². The van der Waals surface area contributed by atoms with Gasteiger partial charge in [-0.05, 0) is 37.3 Å². The van der Waals surface area contributed by atoms with Gasteiger partial charge in [-0.2, -0.15) is 0 Å². The number of aromatic nitrogens is 1. The smallest absolute Gasteiger partial charge is 0.136 e. The highest BCUT2D eigenvalue weighted by atomic mass is 16.1. The first kappa shape index (κ1) is 9.08. The average molecular weight is 201 g/mol. The molecule has 0 saturated heterocycles. The zero-order chi connectivity index (χ0) is 10.3. The lowest BCUT2D eigenvalue weighted by molar-refractivity contribution is -0.121. The SMILES string of the molecule is O=C1CCCC1C1CCc2cccnc21. The molecule has 0 aliphatic heterocycles. The molecule has 1 aromatic heterocycles. The van der Waals surface area contributed by atoms with E-state index in [-0.39, 0.29) is 5.92 Å². The highest BCUT2D eigenvalue weighted by Gasteiger charge is 2.37. The molecule has 0 N–H and O–H groups in total. The van der Waals surface area contributed by atoms with Gasteiger partial charge in [-0.15, -0.1) is 0 Å². The van der Waals surface area contributed by atoms with Crippen molar-refractivity contribution in [3.05, 3.63) is 29.6 Å². The number of nitrogens with zero attached hydrogens (tertiary/aromatic N) is 1. The molecule has 2 atom stereocenters. The molecular weight excluding hydrogens is 186 g/mol. The topological polar surface area (TPSA) is 30.0 Å². The van der Waals surface area contributed by atoms with Crippen molar-refractivity contribution in [1.29, 1.82) is 0 Å². The number of aryl methyl sites for hydroxylation is 1. The Balaban J connectivity index is 1.93. The fourth-order valence-corrected chi connectivity index (χ4v) is 3.10. The Labute approximate surface area is 89.7 Å². The number of pyridine rings is 1. The Kier molecular flexibility index (Phi) is 2.08. The van der Waals surface area contributed by atoms with Gasteiger partial charge in [-0.25, -0.2) is 0 Å². The molecule has 1 heterocycles. The van der Waals surface area contributed by atoms with Crippen molar-refractivity contribution in [2.45, 2.75) is 38.0 Å². The number of rotatable bonds is 1. The number of fused-ring (bicyclic) bond motifs is 1. The fraction of sp³-hybridized carbons (Fsp3) is 0.538. The maximum atomic E-state index is 11.7. The molecule has 78 valence electrons. The van der Waals surface area contributed by atoms with Gasteiger partial charge in [0.1, 0.15) is 5.78 Å². The van der Waals surface area contributed by atoms with Gasteiger partial charge in [0.05, 0.1) is 0 Å². The zero-order valence-corrected chi connectivity index (χ0v) is 8.78. The maximum Gasteiger partial charge on any atom is 0.136 e. The van der Waals surface area contributed by atoms with Crippen molar-refractivity contribution in [1.82, 2.24) is 4.98 Å². The van der Waals surface area contributed by atoms with Gasteiger partial charge in [-0.1, -0.05) is 6.07 Å². The molecule has 15 heavy (non-hydrogen) atoms. The standard InChI is InChI=1S/C13H15NO/c15-12-5-1-4-10(12)11-7-6-9-3-2-8-14-13(9)11/h2-3,8,10-11H,1,4-7H2. The zero-order valence-electron chi connectivity index (χ0n) is 8.78. The minimum atomic E-state index is 0.279. The average Bonchev–Trinajstić information content (AvgIpc) is 2.83. The van der Waals surface area contributed by atoms with Gasteiger partial charge in [-0.3, -0.25) is 9.78 Å². The molecule has 0 aromatic carbocycles. The van der Waals surface area contributed by atoms with Crippen LogP contribution >= 0.6 is 0 Å². The molecule has 2 unspecified atom stereocenters. The summed E-state index contributed by atoms with van der Waals surface area (Å²) in [5.74, 6) is 1.18. The molecule has 3 rings (SSSR count). The molecule has 2 heteroatoms. The number of Topliss-reactive ketones (excluding diaryl/α,β-unsaturated/α-hetero) is 1. The summed E-state index contributed by atoms with van der Waals surface area (Å²) in [4.78, 5) is 16.2. The Morgan fingerprint density at radius 1 is 1.20 bits per heavy atom. The molecule has 0 radical (unpaired) electrons. The summed E-state index contributed by atoms with van der Waals surface area (Å²) in [6.07, 6.45) is 7.06. The van der Waals surface area contributed by atoms with Gasteiger partial charge >= 0.3 is 0 Å². The first-order chi connectivity index (χ1) is 7.36. The van der Waals surface area contributed by atoms with Crippen molar-refractivity contribution in [2.75, 3.05) is 0 Å². The van der Waals surface area contributed by atoms with E-state index in [0.717, 1.165) is 32.1 Å². The lowest BCUT2D eigenvalue weighted by Crippen LogP contribution is -2.15. The van der Waals surface area contributed by atoms with E-state index in [9.17, 15) is 4.79 Å². The third-order valence-corrected chi connectivity index (χ3v) is 3.84. The first-order valence-electron chi connectivity index (χ1n) is 5.83. The number of hydrogen-bond acceptors (Lipinski definition) is 2. The predicted molar refractivity (Wildman–Crippen MR) is 57.6 cm³/mol. The second-order valence-electron chi connectivity index (χ2n) is 4.66. The van der Waals surface area contributed by atoms with Crippen LogP contribution in [0.2, 0.25) is 0 Å². The van der Waals surface area contributed by atoms with E-state index in [0.29, 0.717) is 11.7 Å². The van der Waals surface area contributed by atoms with Crippen molar-refractivity contribution in [2.24, 2.45) is 5.92 Å². The molecule has 0 spiro atoms. The number of carbonyl (C=O) groups excluding carboxylic acids is 1. The first-order valence-corrected chi connectivity index (χ1v) is 5.83. The van der Waals surface area contributed by atoms with Gasteiger partial charge in [0, 0.05) is 30.1 Å². The van der Waals surface area contributed by atoms with Crippen LogP contribution in [-0.4, -0.2) is 10.8 Å². The van der Waals surface area contributed by atoms with Crippen LogP contribution in [0.15, 0.2) is 18.3 Å². The Morgan fingerprint density at radius 3 is 2.93 bits per heavy atom. The highest BCUT2D eigenvalue weighted by molar-refractivity contribution is 5.84. The molecule has 0 amide bonds. The van der Waals surface area contributed by atoms with Crippen molar-refractivity contribution in [3.8, 4) is 0 Å². The van der Waals surface area contributed by atoms with Crippen LogP contribution in [0.5, 0.6) is 0 Å². The van der Waals surface area contributed by atoms with Crippen LogP contribution in [0.4, 0.5) is 0 Å².